The molecule has 25 heavy (non-hydrogen) atoms. The van der Waals surface area contributed by atoms with E-state index in [4.69, 9.17) is 29.7 Å². The summed E-state index contributed by atoms with van der Waals surface area (Å²) in [7, 11) is -6.22. The van der Waals surface area contributed by atoms with Gasteiger partial charge in [-0.05, 0) is 12.1 Å². The molecule has 3 rings (SSSR count). The van der Waals surface area contributed by atoms with Gasteiger partial charge in [0.2, 0.25) is 11.1 Å². The Morgan fingerprint density at radius 1 is 0.800 bits per heavy atom. The molecule has 2 radical (unpaired) electrons. The predicted octanol–water partition coefficient (Wildman–Crippen LogP) is -0.401. The Hall–Kier alpha value is -2.45. The molecule has 0 saturated carbocycles. The number of rotatable bonds is 1. The molecule has 0 atom stereocenters. The number of aromatic amines is 1. The molecule has 12 heteroatoms. The molecule has 0 amide bonds. The van der Waals surface area contributed by atoms with Crippen molar-refractivity contribution in [1.82, 2.24) is 0 Å². The van der Waals surface area contributed by atoms with Gasteiger partial charge in [0.05, 0.1) is 5.56 Å². The SMILES string of the molecule is O=S(=O)=O.O=S(=O)=O.[Li-].[O-]c1ccccc1-c1[nH+]c2ccccc2o1. The third kappa shape index (κ3) is 8.27. The standard InChI is InChI=1S/C13H9NO2.Li.2O3S/c15-11-7-3-1-5-9(11)13-14-10-6-2-4-8-12(10)16-13;;2*1-4(2)3/h1-8,15H;;;/q;-1;;. The summed E-state index contributed by atoms with van der Waals surface area (Å²) >= 11 is 0. The van der Waals surface area contributed by atoms with E-state index < -0.39 is 21.2 Å². The van der Waals surface area contributed by atoms with Gasteiger partial charge < -0.3 is 28.4 Å². The van der Waals surface area contributed by atoms with Crippen molar-refractivity contribution in [3.8, 4) is 17.2 Å². The molecule has 0 spiro atoms. The monoisotopic (exact) mass is 378 g/mol. The maximum Gasteiger partial charge on any atom is 0.425 e. The fraction of sp³-hybridized carbons (Fsp3) is 0. The van der Waals surface area contributed by atoms with Crippen molar-refractivity contribution in [3.63, 3.8) is 0 Å². The van der Waals surface area contributed by atoms with E-state index in [-0.39, 0.29) is 24.6 Å². The van der Waals surface area contributed by atoms with Crippen LogP contribution in [0.2, 0.25) is 0 Å². The van der Waals surface area contributed by atoms with Crippen LogP contribution in [0.4, 0.5) is 0 Å². The zero-order valence-electron chi connectivity index (χ0n) is 12.7. The second-order valence-electron chi connectivity index (χ2n) is 3.96. The van der Waals surface area contributed by atoms with Crippen LogP contribution >= 0.6 is 0 Å². The number of hydrogen-bond acceptors (Lipinski definition) is 8. The first-order valence-corrected chi connectivity index (χ1v) is 8.02. The van der Waals surface area contributed by atoms with Crippen LogP contribution in [-0.4, -0.2) is 44.1 Å². The van der Waals surface area contributed by atoms with Gasteiger partial charge in [0.1, 0.15) is 0 Å². The van der Waals surface area contributed by atoms with Gasteiger partial charge in [-0.25, -0.2) is 0 Å². The molecule has 1 aromatic heterocycles. The summed E-state index contributed by atoms with van der Waals surface area (Å²) in [6.07, 6.45) is 0. The molecule has 9 nitrogen and oxygen atoms in total. The number of nitrogens with one attached hydrogen (secondary N) is 1. The molecule has 0 unspecified atom stereocenters. The van der Waals surface area contributed by atoms with E-state index in [0.717, 1.165) is 11.1 Å². The average molecular weight is 378 g/mol. The second-order valence-corrected chi connectivity index (χ2v) is 4.77. The molecule has 0 aliphatic rings. The van der Waals surface area contributed by atoms with Crippen molar-refractivity contribution in [1.29, 1.82) is 0 Å². The Morgan fingerprint density at radius 2 is 1.28 bits per heavy atom. The van der Waals surface area contributed by atoms with E-state index in [2.05, 4.69) is 4.98 Å². The first-order chi connectivity index (χ1) is 11.3. The first-order valence-electron chi connectivity index (χ1n) is 6.02. The van der Waals surface area contributed by atoms with E-state index in [9.17, 15) is 5.11 Å². The third-order valence-corrected chi connectivity index (χ3v) is 2.48. The maximum absolute atomic E-state index is 11.6. The van der Waals surface area contributed by atoms with E-state index in [1.54, 1.807) is 12.1 Å². The van der Waals surface area contributed by atoms with Crippen molar-refractivity contribution in [2.75, 3.05) is 0 Å². The van der Waals surface area contributed by atoms with E-state index >= 15 is 0 Å². The van der Waals surface area contributed by atoms with Crippen LogP contribution in [0.15, 0.2) is 52.9 Å². The molecule has 3 aromatic rings. The summed E-state index contributed by atoms with van der Waals surface area (Å²) in [5.74, 6) is 0.463. The van der Waals surface area contributed by atoms with Crippen LogP contribution in [0, 0.1) is 0 Å². The van der Waals surface area contributed by atoms with Crippen LogP contribution < -0.4 is 10.1 Å². The number of oxazole rings is 1. The minimum atomic E-state index is -3.11. The Balaban J connectivity index is 0.000000549. The molecule has 128 valence electrons. The van der Waals surface area contributed by atoms with Crippen molar-refractivity contribution in [3.05, 3.63) is 48.5 Å². The Bertz CT molecular complexity index is 970. The first kappa shape index (κ1) is 22.5. The fourth-order valence-electron chi connectivity index (χ4n) is 1.69. The molecule has 0 saturated heterocycles. The van der Waals surface area contributed by atoms with E-state index in [1.165, 1.54) is 6.07 Å². The number of aromatic nitrogens is 1. The summed E-state index contributed by atoms with van der Waals surface area (Å²) < 4.78 is 56.2. The van der Waals surface area contributed by atoms with Gasteiger partial charge in [-0.3, -0.25) is 0 Å². The maximum atomic E-state index is 11.6. The number of fused-ring (bicyclic) bond motifs is 1. The van der Waals surface area contributed by atoms with E-state index in [0.29, 0.717) is 11.5 Å². The van der Waals surface area contributed by atoms with Gasteiger partial charge in [0, 0.05) is 6.07 Å². The molecule has 0 aliphatic carbocycles. The van der Waals surface area contributed by atoms with Crippen LogP contribution in [0.25, 0.3) is 22.6 Å². The Labute approximate surface area is 156 Å². The molecule has 0 aliphatic heterocycles. The van der Waals surface area contributed by atoms with Crippen LogP contribution in [-0.2, 0) is 21.2 Å². The number of benzene rings is 2. The quantitative estimate of drug-likeness (QED) is 0.518. The minimum absolute atomic E-state index is 0. The summed E-state index contributed by atoms with van der Waals surface area (Å²) in [5.41, 5.74) is 2.19. The van der Waals surface area contributed by atoms with E-state index in [1.807, 2.05) is 30.3 Å². The third-order valence-electron chi connectivity index (χ3n) is 2.48. The second kappa shape index (κ2) is 11.2. The molecular formula is C13H9LiNO8S2-. The summed E-state index contributed by atoms with van der Waals surface area (Å²) in [6.45, 7) is 0. The van der Waals surface area contributed by atoms with Gasteiger partial charge >= 0.3 is 27.1 Å². The number of para-hydroxylation sites is 3. The molecule has 0 bridgehead atoms. The minimum Gasteiger partial charge on any atom is -1.00 e. The molecule has 1 N–H and O–H groups in total. The number of H-pyrrole nitrogens is 1. The zero-order chi connectivity index (χ0) is 18.1. The zero-order valence-corrected chi connectivity index (χ0v) is 14.3. The van der Waals surface area contributed by atoms with Crippen molar-refractivity contribution < 1.29 is 39.8 Å². The summed E-state index contributed by atoms with van der Waals surface area (Å²) in [5, 5.41) is 11.6. The molecule has 1 heterocycles. The average Bonchev–Trinajstić information content (AvgIpc) is 2.90. The van der Waals surface area contributed by atoms with Gasteiger partial charge in [-0.2, -0.15) is 4.98 Å². The molecule has 2 aromatic carbocycles. The fourth-order valence-corrected chi connectivity index (χ4v) is 1.69. The largest absolute Gasteiger partial charge is 1.00 e. The van der Waals surface area contributed by atoms with Crippen LogP contribution in [0.1, 0.15) is 0 Å². The van der Waals surface area contributed by atoms with Crippen molar-refractivity contribution in [2.45, 2.75) is 0 Å². The molecule has 0 fully saturated rings. The van der Waals surface area contributed by atoms with Gasteiger partial charge in [0.25, 0.3) is 0 Å². The molecular weight excluding hydrogens is 369 g/mol. The summed E-state index contributed by atoms with van der Waals surface area (Å²) in [4.78, 5) is 3.09. The summed E-state index contributed by atoms with van der Waals surface area (Å²) in [6, 6.07) is 14.4. The van der Waals surface area contributed by atoms with Gasteiger partial charge in [0.15, 0.2) is 0 Å². The van der Waals surface area contributed by atoms with Gasteiger partial charge in [-0.1, -0.05) is 36.1 Å². The topological polar surface area (TPSA) is 153 Å². The predicted molar refractivity (Wildman–Crippen MR) is 82.8 cm³/mol. The van der Waals surface area contributed by atoms with Gasteiger partial charge in [-0.15, -0.1) is 25.3 Å². The van der Waals surface area contributed by atoms with Crippen molar-refractivity contribution in [2.24, 2.45) is 0 Å². The van der Waals surface area contributed by atoms with Crippen LogP contribution in [0.5, 0.6) is 5.75 Å². The Morgan fingerprint density at radius 3 is 1.80 bits per heavy atom. The smallest absolute Gasteiger partial charge is 0.425 e. The normalized spacial score (nSPS) is 8.80. The van der Waals surface area contributed by atoms with Crippen LogP contribution in [0.3, 0.4) is 0 Å². The Kier molecular flexibility index (Phi) is 10.1. The van der Waals surface area contributed by atoms with Crippen molar-refractivity contribution >= 4 is 51.2 Å². The number of hydrogen-bond donors (Lipinski definition) is 0.